The second-order valence-corrected chi connectivity index (χ2v) is 5.27. The Balaban J connectivity index is 2.02. The molecule has 1 aromatic carbocycles. The largest absolute Gasteiger partial charge is 0.493 e. The molecule has 3 N–H and O–H groups in total. The molecule has 0 radical (unpaired) electrons. The fraction of sp³-hybridized carbons (Fsp3) is 0.375. The van der Waals surface area contributed by atoms with Gasteiger partial charge >= 0.3 is 0 Å². The average Bonchev–Trinajstić information content (AvgIpc) is 2.40. The van der Waals surface area contributed by atoms with E-state index in [-0.39, 0.29) is 11.6 Å². The van der Waals surface area contributed by atoms with E-state index in [1.54, 1.807) is 6.92 Å². The number of H-pyrrole nitrogens is 1. The van der Waals surface area contributed by atoms with Gasteiger partial charge in [0.05, 0.1) is 12.3 Å². The van der Waals surface area contributed by atoms with Gasteiger partial charge in [-0.25, -0.2) is 4.98 Å². The van der Waals surface area contributed by atoms with Crippen LogP contribution in [0, 0.1) is 13.8 Å². The third-order valence-corrected chi connectivity index (χ3v) is 3.20. The first-order valence-electron chi connectivity index (χ1n) is 7.01. The standard InChI is InChI=1S/C16H21N3O2/c1-10-4-5-14(11(2)8-10)21-7-6-15-18-13(12(3)17)9-16(20)19-15/h4-5,8-9,12H,6-7,17H2,1-3H3,(H,18,19,20). The summed E-state index contributed by atoms with van der Waals surface area (Å²) in [4.78, 5) is 18.6. The highest BCUT2D eigenvalue weighted by molar-refractivity contribution is 5.35. The molecule has 21 heavy (non-hydrogen) atoms. The number of nitrogens with zero attached hydrogens (tertiary/aromatic N) is 1. The minimum Gasteiger partial charge on any atom is -0.493 e. The molecule has 1 atom stereocenters. The fourth-order valence-corrected chi connectivity index (χ4v) is 2.10. The summed E-state index contributed by atoms with van der Waals surface area (Å²) >= 11 is 0. The Labute approximate surface area is 124 Å². The van der Waals surface area contributed by atoms with Crippen LogP contribution in [-0.4, -0.2) is 16.6 Å². The Hall–Kier alpha value is -2.14. The Morgan fingerprint density at radius 3 is 2.76 bits per heavy atom. The van der Waals surface area contributed by atoms with Crippen molar-refractivity contribution in [3.05, 3.63) is 57.3 Å². The highest BCUT2D eigenvalue weighted by Gasteiger charge is 2.06. The summed E-state index contributed by atoms with van der Waals surface area (Å²) in [5.41, 5.74) is 8.48. The van der Waals surface area contributed by atoms with Crippen molar-refractivity contribution in [2.24, 2.45) is 5.73 Å². The van der Waals surface area contributed by atoms with E-state index in [1.807, 2.05) is 26.0 Å². The van der Waals surface area contributed by atoms with Crippen LogP contribution >= 0.6 is 0 Å². The van der Waals surface area contributed by atoms with E-state index >= 15 is 0 Å². The summed E-state index contributed by atoms with van der Waals surface area (Å²) in [6, 6.07) is 7.22. The van der Waals surface area contributed by atoms with Crippen LogP contribution in [0.3, 0.4) is 0 Å². The van der Waals surface area contributed by atoms with Gasteiger partial charge in [-0.3, -0.25) is 4.79 Å². The minimum absolute atomic E-state index is 0.182. The van der Waals surface area contributed by atoms with E-state index in [0.717, 1.165) is 11.3 Å². The Kier molecular flexibility index (Phi) is 4.75. The maximum atomic E-state index is 11.5. The van der Waals surface area contributed by atoms with Crippen LogP contribution in [0.15, 0.2) is 29.1 Å². The predicted molar refractivity (Wildman–Crippen MR) is 82.6 cm³/mol. The SMILES string of the molecule is Cc1ccc(OCCc2nc(C(C)N)cc(=O)[nH]2)c(C)c1. The van der Waals surface area contributed by atoms with Crippen LogP contribution in [-0.2, 0) is 6.42 Å². The lowest BCUT2D eigenvalue weighted by molar-refractivity contribution is 0.316. The van der Waals surface area contributed by atoms with Gasteiger partial charge in [0.2, 0.25) is 0 Å². The zero-order valence-electron chi connectivity index (χ0n) is 12.6. The van der Waals surface area contributed by atoms with Crippen LogP contribution in [0.25, 0.3) is 0 Å². The molecule has 2 rings (SSSR count). The van der Waals surface area contributed by atoms with Crippen molar-refractivity contribution in [3.63, 3.8) is 0 Å². The van der Waals surface area contributed by atoms with E-state index in [1.165, 1.54) is 11.6 Å². The lowest BCUT2D eigenvalue weighted by Gasteiger charge is -2.10. The van der Waals surface area contributed by atoms with Crippen molar-refractivity contribution in [2.45, 2.75) is 33.2 Å². The van der Waals surface area contributed by atoms with Crippen molar-refractivity contribution < 1.29 is 4.74 Å². The first-order chi connectivity index (χ1) is 9.95. The first kappa shape index (κ1) is 15.3. The van der Waals surface area contributed by atoms with Crippen LogP contribution in [0.1, 0.15) is 35.6 Å². The van der Waals surface area contributed by atoms with Crippen molar-refractivity contribution in [2.75, 3.05) is 6.61 Å². The molecule has 0 saturated heterocycles. The number of hydrogen-bond donors (Lipinski definition) is 2. The molecule has 0 fully saturated rings. The van der Waals surface area contributed by atoms with Crippen molar-refractivity contribution in [3.8, 4) is 5.75 Å². The summed E-state index contributed by atoms with van der Waals surface area (Å²) in [5, 5.41) is 0. The summed E-state index contributed by atoms with van der Waals surface area (Å²) in [6.45, 7) is 6.32. The molecule has 112 valence electrons. The lowest BCUT2D eigenvalue weighted by atomic mass is 10.1. The maximum absolute atomic E-state index is 11.5. The van der Waals surface area contributed by atoms with Gasteiger partial charge in [0.15, 0.2) is 0 Å². The molecule has 0 aliphatic rings. The highest BCUT2D eigenvalue weighted by Crippen LogP contribution is 2.18. The zero-order valence-corrected chi connectivity index (χ0v) is 12.6. The summed E-state index contributed by atoms with van der Waals surface area (Å²) in [7, 11) is 0. The van der Waals surface area contributed by atoms with Gasteiger partial charge in [0.1, 0.15) is 11.6 Å². The van der Waals surface area contributed by atoms with Crippen molar-refractivity contribution in [1.82, 2.24) is 9.97 Å². The molecule has 0 spiro atoms. The number of benzene rings is 1. The van der Waals surface area contributed by atoms with Crippen molar-refractivity contribution >= 4 is 0 Å². The van der Waals surface area contributed by atoms with E-state index in [9.17, 15) is 4.79 Å². The molecule has 2 aromatic rings. The maximum Gasteiger partial charge on any atom is 0.251 e. The molecular weight excluding hydrogens is 266 g/mol. The van der Waals surface area contributed by atoms with Gasteiger partial charge in [-0.2, -0.15) is 0 Å². The number of aromatic amines is 1. The van der Waals surface area contributed by atoms with Crippen LogP contribution in [0.5, 0.6) is 5.75 Å². The monoisotopic (exact) mass is 287 g/mol. The Morgan fingerprint density at radius 1 is 1.33 bits per heavy atom. The third-order valence-electron chi connectivity index (χ3n) is 3.20. The number of nitrogens with one attached hydrogen (secondary N) is 1. The summed E-state index contributed by atoms with van der Waals surface area (Å²) in [5.74, 6) is 1.45. The van der Waals surface area contributed by atoms with Crippen LogP contribution in [0.2, 0.25) is 0 Å². The zero-order chi connectivity index (χ0) is 15.4. The molecule has 5 nitrogen and oxygen atoms in total. The quantitative estimate of drug-likeness (QED) is 0.881. The summed E-state index contributed by atoms with van der Waals surface area (Å²) in [6.07, 6.45) is 0.531. The average molecular weight is 287 g/mol. The number of nitrogens with two attached hydrogens (primary N) is 1. The van der Waals surface area contributed by atoms with Gasteiger partial charge in [-0.05, 0) is 32.4 Å². The van der Waals surface area contributed by atoms with E-state index in [2.05, 4.69) is 16.0 Å². The second-order valence-electron chi connectivity index (χ2n) is 5.27. The van der Waals surface area contributed by atoms with E-state index in [0.29, 0.717) is 24.5 Å². The molecule has 1 aromatic heterocycles. The van der Waals surface area contributed by atoms with Crippen LogP contribution in [0.4, 0.5) is 0 Å². The van der Waals surface area contributed by atoms with Gasteiger partial charge in [0, 0.05) is 18.5 Å². The molecule has 0 aliphatic carbocycles. The molecule has 0 amide bonds. The second kappa shape index (κ2) is 6.54. The Bertz CT molecular complexity index is 677. The highest BCUT2D eigenvalue weighted by atomic mass is 16.5. The summed E-state index contributed by atoms with van der Waals surface area (Å²) < 4.78 is 5.74. The molecule has 1 heterocycles. The van der Waals surface area contributed by atoms with Gasteiger partial charge < -0.3 is 15.5 Å². The van der Waals surface area contributed by atoms with E-state index < -0.39 is 0 Å². The number of ether oxygens (including phenoxy) is 1. The van der Waals surface area contributed by atoms with Gasteiger partial charge in [-0.15, -0.1) is 0 Å². The Morgan fingerprint density at radius 2 is 2.10 bits per heavy atom. The van der Waals surface area contributed by atoms with Crippen molar-refractivity contribution in [1.29, 1.82) is 0 Å². The van der Waals surface area contributed by atoms with Crippen LogP contribution < -0.4 is 16.0 Å². The number of hydrogen-bond acceptors (Lipinski definition) is 4. The molecule has 0 saturated carbocycles. The smallest absolute Gasteiger partial charge is 0.251 e. The molecular formula is C16H21N3O2. The topological polar surface area (TPSA) is 81.0 Å². The number of aryl methyl sites for hydroxylation is 2. The fourth-order valence-electron chi connectivity index (χ4n) is 2.10. The molecule has 0 aliphatic heterocycles. The molecule has 0 bridgehead atoms. The lowest BCUT2D eigenvalue weighted by Crippen LogP contribution is -2.18. The van der Waals surface area contributed by atoms with Gasteiger partial charge in [0.25, 0.3) is 5.56 Å². The molecule has 1 unspecified atom stereocenters. The third kappa shape index (κ3) is 4.16. The molecule has 5 heteroatoms. The van der Waals surface area contributed by atoms with Gasteiger partial charge in [-0.1, -0.05) is 17.7 Å². The number of rotatable bonds is 5. The first-order valence-corrected chi connectivity index (χ1v) is 7.01. The normalized spacial score (nSPS) is 12.2. The number of aromatic nitrogens is 2. The predicted octanol–water partition coefficient (Wildman–Crippen LogP) is 2.03. The van der Waals surface area contributed by atoms with E-state index in [4.69, 9.17) is 10.5 Å². The minimum atomic E-state index is -0.258.